The van der Waals surface area contributed by atoms with Crippen LogP contribution in [0.3, 0.4) is 0 Å². The average molecular weight is 517 g/mol. The van der Waals surface area contributed by atoms with Crippen molar-refractivity contribution >= 4 is 50.3 Å². The summed E-state index contributed by atoms with van der Waals surface area (Å²) in [4.78, 5) is 24.3. The molecule has 0 bridgehead atoms. The van der Waals surface area contributed by atoms with E-state index in [1.54, 1.807) is 30.3 Å². The van der Waals surface area contributed by atoms with Crippen molar-refractivity contribution in [1.29, 1.82) is 0 Å². The third-order valence-corrected chi connectivity index (χ3v) is 4.92. The topological polar surface area (TPSA) is 67.4 Å². The Balaban J connectivity index is 1.95. The van der Waals surface area contributed by atoms with Crippen LogP contribution in [-0.2, 0) is 0 Å². The maximum atomic E-state index is 12.2. The second-order valence-corrected chi connectivity index (χ2v) is 7.25. The Kier molecular flexibility index (Phi) is 7.70. The lowest BCUT2D eigenvalue weighted by Crippen LogP contribution is -2.41. The molecular formula is C18H18BrIN2O3. The molecule has 0 aliphatic carbocycles. The van der Waals surface area contributed by atoms with E-state index in [9.17, 15) is 9.59 Å². The molecular weight excluding hydrogens is 499 g/mol. The zero-order valence-corrected chi connectivity index (χ0v) is 17.4. The number of rotatable bonds is 6. The smallest absolute Gasteiger partial charge is 0.270 e. The van der Waals surface area contributed by atoms with Crippen LogP contribution in [-0.4, -0.2) is 18.4 Å². The highest BCUT2D eigenvalue weighted by molar-refractivity contribution is 14.1. The van der Waals surface area contributed by atoms with Crippen LogP contribution in [0.5, 0.6) is 5.75 Å². The van der Waals surface area contributed by atoms with Crippen LogP contribution in [0.15, 0.2) is 46.9 Å². The van der Waals surface area contributed by atoms with Crippen LogP contribution in [0.25, 0.3) is 0 Å². The predicted molar refractivity (Wildman–Crippen MR) is 109 cm³/mol. The molecule has 2 aromatic carbocycles. The van der Waals surface area contributed by atoms with E-state index in [4.69, 9.17) is 4.74 Å². The molecule has 2 amide bonds. The number of hydrogen-bond acceptors (Lipinski definition) is 3. The van der Waals surface area contributed by atoms with E-state index in [0.29, 0.717) is 28.0 Å². The first kappa shape index (κ1) is 19.7. The average Bonchev–Trinajstić information content (AvgIpc) is 2.61. The highest BCUT2D eigenvalue weighted by Gasteiger charge is 2.12. The monoisotopic (exact) mass is 516 g/mol. The lowest BCUT2D eigenvalue weighted by atomic mass is 10.2. The number of hydrazine groups is 1. The molecule has 0 saturated carbocycles. The molecule has 0 radical (unpaired) electrons. The van der Waals surface area contributed by atoms with Crippen molar-refractivity contribution in [2.75, 3.05) is 6.61 Å². The largest absolute Gasteiger partial charge is 0.492 e. The van der Waals surface area contributed by atoms with E-state index in [1.165, 1.54) is 0 Å². The summed E-state index contributed by atoms with van der Waals surface area (Å²) in [6.45, 7) is 2.73. The van der Waals surface area contributed by atoms with Gasteiger partial charge in [0.15, 0.2) is 0 Å². The van der Waals surface area contributed by atoms with Gasteiger partial charge in [-0.15, -0.1) is 0 Å². The molecule has 25 heavy (non-hydrogen) atoms. The number of benzene rings is 2. The van der Waals surface area contributed by atoms with Crippen molar-refractivity contribution < 1.29 is 14.3 Å². The maximum Gasteiger partial charge on any atom is 0.270 e. The van der Waals surface area contributed by atoms with Gasteiger partial charge in [0.1, 0.15) is 5.75 Å². The number of hydrogen-bond donors (Lipinski definition) is 2. The van der Waals surface area contributed by atoms with Crippen molar-refractivity contribution in [3.05, 3.63) is 61.6 Å². The van der Waals surface area contributed by atoms with Crippen molar-refractivity contribution in [2.45, 2.75) is 19.8 Å². The Morgan fingerprint density at radius 3 is 2.52 bits per heavy atom. The summed E-state index contributed by atoms with van der Waals surface area (Å²) in [5.41, 5.74) is 5.76. The van der Waals surface area contributed by atoms with Crippen molar-refractivity contribution in [2.24, 2.45) is 0 Å². The number of carbonyl (C=O) groups excluding carboxylic acids is 2. The van der Waals surface area contributed by atoms with E-state index in [1.807, 2.05) is 12.1 Å². The second-order valence-electron chi connectivity index (χ2n) is 5.24. The van der Waals surface area contributed by atoms with Crippen molar-refractivity contribution in [3.63, 3.8) is 0 Å². The van der Waals surface area contributed by atoms with Crippen LogP contribution in [0.4, 0.5) is 0 Å². The van der Waals surface area contributed by atoms with Gasteiger partial charge in [0.05, 0.1) is 16.6 Å². The van der Waals surface area contributed by atoms with Crippen molar-refractivity contribution in [3.8, 4) is 5.75 Å². The fraction of sp³-hybridized carbons (Fsp3) is 0.222. The zero-order valence-electron chi connectivity index (χ0n) is 13.6. The highest BCUT2D eigenvalue weighted by atomic mass is 127. The number of amides is 2. The highest BCUT2D eigenvalue weighted by Crippen LogP contribution is 2.26. The molecule has 2 N–H and O–H groups in total. The molecule has 0 heterocycles. The Morgan fingerprint density at radius 2 is 1.84 bits per heavy atom. The molecule has 0 aromatic heterocycles. The summed E-state index contributed by atoms with van der Waals surface area (Å²) >= 11 is 5.47. The molecule has 0 aliphatic rings. The molecule has 5 nitrogen and oxygen atoms in total. The van der Waals surface area contributed by atoms with Crippen LogP contribution >= 0.6 is 38.5 Å². The van der Waals surface area contributed by atoms with Gasteiger partial charge < -0.3 is 4.74 Å². The Morgan fingerprint density at radius 1 is 1.12 bits per heavy atom. The molecule has 132 valence electrons. The van der Waals surface area contributed by atoms with E-state index < -0.39 is 5.91 Å². The SMILES string of the molecule is CCCCOc1ccc(C(=O)NNC(=O)c2ccccc2I)cc1Br. The maximum absolute atomic E-state index is 12.2. The van der Waals surface area contributed by atoms with Gasteiger partial charge in [-0.25, -0.2) is 0 Å². The summed E-state index contributed by atoms with van der Waals surface area (Å²) in [5, 5.41) is 0. The van der Waals surface area contributed by atoms with Gasteiger partial charge in [-0.2, -0.15) is 0 Å². The molecule has 0 atom stereocenters. The summed E-state index contributed by atoms with van der Waals surface area (Å²) in [6, 6.07) is 12.2. The third kappa shape index (κ3) is 5.71. The van der Waals surface area contributed by atoms with E-state index in [2.05, 4.69) is 56.3 Å². The summed E-state index contributed by atoms with van der Waals surface area (Å²) in [5.74, 6) is -0.0788. The minimum atomic E-state index is -0.403. The fourth-order valence-electron chi connectivity index (χ4n) is 1.98. The van der Waals surface area contributed by atoms with Gasteiger partial charge in [-0.3, -0.25) is 20.4 Å². The molecule has 2 rings (SSSR count). The zero-order chi connectivity index (χ0) is 18.2. The fourth-order valence-corrected chi connectivity index (χ4v) is 3.11. The molecule has 0 fully saturated rings. The van der Waals surface area contributed by atoms with E-state index >= 15 is 0 Å². The van der Waals surface area contributed by atoms with E-state index in [-0.39, 0.29) is 5.91 Å². The molecule has 0 saturated heterocycles. The van der Waals surface area contributed by atoms with Crippen LogP contribution in [0.1, 0.15) is 40.5 Å². The van der Waals surface area contributed by atoms with Crippen LogP contribution < -0.4 is 15.6 Å². The number of halogens is 2. The van der Waals surface area contributed by atoms with Gasteiger partial charge in [0.2, 0.25) is 0 Å². The van der Waals surface area contributed by atoms with Gasteiger partial charge in [-0.05, 0) is 75.3 Å². The first-order valence-corrected chi connectivity index (χ1v) is 9.67. The lowest BCUT2D eigenvalue weighted by Gasteiger charge is -2.11. The third-order valence-electron chi connectivity index (χ3n) is 3.36. The summed E-state index contributed by atoms with van der Waals surface area (Å²) in [7, 11) is 0. The number of unbranched alkanes of at least 4 members (excludes halogenated alkanes) is 1. The molecule has 7 heteroatoms. The molecule has 0 aliphatic heterocycles. The normalized spacial score (nSPS) is 10.2. The molecule has 0 unspecified atom stereocenters. The first-order chi connectivity index (χ1) is 12.0. The van der Waals surface area contributed by atoms with E-state index in [0.717, 1.165) is 16.4 Å². The minimum absolute atomic E-state index is 0.364. The lowest BCUT2D eigenvalue weighted by molar-refractivity contribution is 0.0846. The van der Waals surface area contributed by atoms with Gasteiger partial charge in [-0.1, -0.05) is 25.5 Å². The van der Waals surface area contributed by atoms with Gasteiger partial charge in [0.25, 0.3) is 11.8 Å². The standard InChI is InChI=1S/C18H18BrIN2O3/c1-2-3-10-25-16-9-8-12(11-14(16)19)17(23)21-22-18(24)13-6-4-5-7-15(13)20/h4-9,11H,2-3,10H2,1H3,(H,21,23)(H,22,24). The molecule has 0 spiro atoms. The minimum Gasteiger partial charge on any atom is -0.492 e. The number of nitrogens with one attached hydrogen (secondary N) is 2. The Bertz CT molecular complexity index is 768. The molecule has 2 aromatic rings. The quantitative estimate of drug-likeness (QED) is 0.341. The van der Waals surface area contributed by atoms with Crippen molar-refractivity contribution in [1.82, 2.24) is 10.9 Å². The first-order valence-electron chi connectivity index (χ1n) is 7.80. The summed E-state index contributed by atoms with van der Waals surface area (Å²) < 4.78 is 7.14. The predicted octanol–water partition coefficient (Wildman–Crippen LogP) is 4.31. The Labute approximate surface area is 168 Å². The number of ether oxygens (including phenoxy) is 1. The van der Waals surface area contributed by atoms with Crippen LogP contribution in [0.2, 0.25) is 0 Å². The van der Waals surface area contributed by atoms with Gasteiger partial charge >= 0.3 is 0 Å². The van der Waals surface area contributed by atoms with Crippen LogP contribution in [0, 0.1) is 3.57 Å². The number of carbonyl (C=O) groups is 2. The van der Waals surface area contributed by atoms with Gasteiger partial charge in [0, 0.05) is 9.13 Å². The Hall–Kier alpha value is -1.61. The summed E-state index contributed by atoms with van der Waals surface area (Å²) in [6.07, 6.45) is 2.02. The second kappa shape index (κ2) is 9.76.